The summed E-state index contributed by atoms with van der Waals surface area (Å²) in [6.45, 7) is 1.74. The van der Waals surface area contributed by atoms with E-state index in [0.29, 0.717) is 21.8 Å². The molecule has 3 heterocycles. The van der Waals surface area contributed by atoms with Crippen molar-refractivity contribution in [3.63, 3.8) is 0 Å². The van der Waals surface area contributed by atoms with Crippen LogP contribution in [-0.4, -0.2) is 35.6 Å². The number of benzene rings is 2. The Morgan fingerprint density at radius 1 is 1.06 bits per heavy atom. The summed E-state index contributed by atoms with van der Waals surface area (Å²) in [7, 11) is 0. The molecule has 5 amide bonds. The van der Waals surface area contributed by atoms with Crippen molar-refractivity contribution in [2.24, 2.45) is 23.3 Å². The third kappa shape index (κ3) is 2.82. The number of nitrogens with two attached hydrogens (primary N) is 2. The number of carbonyl (C=O) groups excluding carboxylic acids is 5. The van der Waals surface area contributed by atoms with E-state index in [2.05, 4.69) is 10.6 Å². The Morgan fingerprint density at radius 2 is 1.74 bits per heavy atom. The molecule has 10 nitrogen and oxygen atoms in total. The van der Waals surface area contributed by atoms with E-state index < -0.39 is 53.0 Å². The summed E-state index contributed by atoms with van der Waals surface area (Å²) < 4.78 is 0. The molecule has 0 unspecified atom stereocenters. The Bertz CT molecular complexity index is 1310. The number of hydrogen-bond acceptors (Lipinski definition) is 6. The number of imide groups is 1. The number of rotatable bonds is 4. The van der Waals surface area contributed by atoms with Gasteiger partial charge in [-0.3, -0.25) is 29.3 Å². The van der Waals surface area contributed by atoms with Crippen LogP contribution in [0.5, 0.6) is 0 Å². The molecule has 174 valence electrons. The van der Waals surface area contributed by atoms with Gasteiger partial charge in [0.2, 0.25) is 29.5 Å². The minimum atomic E-state index is -1.58. The van der Waals surface area contributed by atoms with Crippen LogP contribution >= 0.6 is 11.6 Å². The molecule has 34 heavy (non-hydrogen) atoms. The minimum Gasteiger partial charge on any atom is -0.370 e. The topological polar surface area (TPSA) is 165 Å². The van der Waals surface area contributed by atoms with Crippen molar-refractivity contribution in [1.29, 1.82) is 0 Å². The summed E-state index contributed by atoms with van der Waals surface area (Å²) in [5.74, 6) is -5.14. The molecule has 6 N–H and O–H groups in total. The van der Waals surface area contributed by atoms with Crippen LogP contribution in [0.1, 0.15) is 27.9 Å². The Labute approximate surface area is 198 Å². The van der Waals surface area contributed by atoms with Crippen LogP contribution < -0.4 is 27.0 Å². The van der Waals surface area contributed by atoms with Gasteiger partial charge in [0, 0.05) is 28.6 Å². The lowest BCUT2D eigenvalue weighted by Crippen LogP contribution is -2.53. The minimum absolute atomic E-state index is 0.212. The summed E-state index contributed by atoms with van der Waals surface area (Å²) in [6.07, 6.45) is -0.244. The average Bonchev–Trinajstić information content (AvgIpc) is 3.35. The quantitative estimate of drug-likeness (QED) is 0.465. The summed E-state index contributed by atoms with van der Waals surface area (Å²) in [6, 6.07) is 8.11. The first-order valence-corrected chi connectivity index (χ1v) is 10.9. The van der Waals surface area contributed by atoms with Crippen molar-refractivity contribution in [1.82, 2.24) is 5.32 Å². The number of amides is 5. The van der Waals surface area contributed by atoms with E-state index in [1.165, 1.54) is 24.3 Å². The molecule has 3 aliphatic rings. The van der Waals surface area contributed by atoms with Crippen LogP contribution in [0, 0.1) is 18.8 Å². The fourth-order valence-corrected chi connectivity index (χ4v) is 5.57. The first-order valence-electron chi connectivity index (χ1n) is 10.5. The maximum atomic E-state index is 13.8. The summed E-state index contributed by atoms with van der Waals surface area (Å²) >= 11 is 6.24. The van der Waals surface area contributed by atoms with E-state index in [1.807, 2.05) is 0 Å². The van der Waals surface area contributed by atoms with Gasteiger partial charge in [0.15, 0.2) is 0 Å². The molecule has 2 aromatic carbocycles. The van der Waals surface area contributed by atoms with Crippen LogP contribution in [0.4, 0.5) is 11.4 Å². The molecule has 0 bridgehead atoms. The highest BCUT2D eigenvalue weighted by Crippen LogP contribution is 2.55. The fourth-order valence-electron chi connectivity index (χ4n) is 5.41. The van der Waals surface area contributed by atoms with Crippen molar-refractivity contribution in [3.8, 4) is 0 Å². The van der Waals surface area contributed by atoms with Gasteiger partial charge in [-0.05, 0) is 42.8 Å². The number of nitrogens with one attached hydrogen (secondary N) is 2. The molecule has 0 radical (unpaired) electrons. The van der Waals surface area contributed by atoms with Gasteiger partial charge in [0.1, 0.15) is 5.54 Å². The van der Waals surface area contributed by atoms with Crippen LogP contribution in [-0.2, 0) is 24.7 Å². The van der Waals surface area contributed by atoms with Gasteiger partial charge < -0.3 is 16.8 Å². The summed E-state index contributed by atoms with van der Waals surface area (Å²) in [5.41, 5.74) is 11.1. The van der Waals surface area contributed by atoms with Crippen LogP contribution in [0.3, 0.4) is 0 Å². The van der Waals surface area contributed by atoms with Gasteiger partial charge in [-0.2, -0.15) is 0 Å². The first kappa shape index (κ1) is 22.1. The molecule has 11 heteroatoms. The van der Waals surface area contributed by atoms with E-state index in [-0.39, 0.29) is 17.7 Å². The zero-order valence-electron chi connectivity index (χ0n) is 17.9. The van der Waals surface area contributed by atoms with E-state index in [0.717, 1.165) is 4.90 Å². The highest BCUT2D eigenvalue weighted by Gasteiger charge is 2.70. The lowest BCUT2D eigenvalue weighted by atomic mass is 9.76. The Hall–Kier alpha value is -3.76. The highest BCUT2D eigenvalue weighted by molar-refractivity contribution is 6.32. The molecular formula is C23H20ClN5O5. The van der Waals surface area contributed by atoms with Gasteiger partial charge >= 0.3 is 0 Å². The number of hydrogen-bond donors (Lipinski definition) is 4. The van der Waals surface area contributed by atoms with Crippen LogP contribution in [0.15, 0.2) is 36.4 Å². The maximum absolute atomic E-state index is 13.8. The van der Waals surface area contributed by atoms with Crippen molar-refractivity contribution >= 4 is 52.5 Å². The number of carbonyl (C=O) groups is 5. The molecule has 2 saturated heterocycles. The lowest BCUT2D eigenvalue weighted by molar-refractivity contribution is -0.130. The second kappa shape index (κ2) is 7.37. The Kier molecular flexibility index (Phi) is 4.78. The summed E-state index contributed by atoms with van der Waals surface area (Å²) in [4.78, 5) is 65.0. The standard InChI is InChI=1S/C23H20ClN5O5/c1-9-13(24)7-6-12-18(9)27-22(34)23(12)17-16(14(28-23)8-15(25)30)20(32)29(21(17)33)11-4-2-10(3-5-11)19(26)31/h2-7,14,16-17,28H,8H2,1H3,(H2,25,30)(H2,26,31)(H,27,34)/t14-,16-,17-,23+/m1/s1. The lowest BCUT2D eigenvalue weighted by Gasteiger charge is -2.29. The summed E-state index contributed by atoms with van der Waals surface area (Å²) in [5, 5.41) is 6.36. The molecule has 0 saturated carbocycles. The maximum Gasteiger partial charge on any atom is 0.250 e. The monoisotopic (exact) mass is 481 g/mol. The number of halogens is 1. The van der Waals surface area contributed by atoms with Crippen molar-refractivity contribution in [2.45, 2.75) is 24.9 Å². The highest BCUT2D eigenvalue weighted by atomic mass is 35.5. The van der Waals surface area contributed by atoms with Crippen molar-refractivity contribution in [3.05, 3.63) is 58.1 Å². The smallest absolute Gasteiger partial charge is 0.250 e. The van der Waals surface area contributed by atoms with Crippen LogP contribution in [0.2, 0.25) is 5.02 Å². The SMILES string of the molecule is Cc1c(Cl)ccc2c1NC(=O)[C@]21N[C@H](CC(N)=O)[C@H]2C(=O)N(c3ccc(C(N)=O)cc3)C(=O)[C@@H]21. The largest absolute Gasteiger partial charge is 0.370 e. The third-order valence-corrected chi connectivity index (χ3v) is 7.33. The normalized spacial score (nSPS) is 27.2. The fraction of sp³-hybridized carbons (Fsp3) is 0.261. The number of nitrogens with zero attached hydrogens (tertiary/aromatic N) is 1. The zero-order chi connectivity index (χ0) is 24.5. The molecule has 0 aromatic heterocycles. The Balaban J connectivity index is 1.66. The average molecular weight is 482 g/mol. The van der Waals surface area contributed by atoms with Gasteiger partial charge in [0.05, 0.1) is 23.2 Å². The molecule has 5 rings (SSSR count). The van der Waals surface area contributed by atoms with Gasteiger partial charge in [-0.1, -0.05) is 17.7 Å². The predicted octanol–water partition coefficient (Wildman–Crippen LogP) is 0.548. The van der Waals surface area contributed by atoms with E-state index in [4.69, 9.17) is 23.1 Å². The molecular weight excluding hydrogens is 462 g/mol. The second-order valence-electron chi connectivity index (χ2n) is 8.70. The molecule has 3 aliphatic heterocycles. The molecule has 4 atom stereocenters. The van der Waals surface area contributed by atoms with Crippen molar-refractivity contribution < 1.29 is 24.0 Å². The molecule has 2 aromatic rings. The third-order valence-electron chi connectivity index (χ3n) is 6.92. The Morgan fingerprint density at radius 3 is 2.35 bits per heavy atom. The van der Waals surface area contributed by atoms with Crippen molar-refractivity contribution in [2.75, 3.05) is 10.2 Å². The molecule has 0 aliphatic carbocycles. The molecule has 1 spiro atoms. The number of primary amides is 2. The van der Waals surface area contributed by atoms with Gasteiger partial charge in [-0.15, -0.1) is 0 Å². The molecule has 2 fully saturated rings. The van der Waals surface area contributed by atoms with Gasteiger partial charge in [0.25, 0.3) is 0 Å². The van der Waals surface area contributed by atoms with E-state index in [9.17, 15) is 24.0 Å². The number of anilines is 2. The second-order valence-corrected chi connectivity index (χ2v) is 9.11. The van der Waals surface area contributed by atoms with E-state index >= 15 is 0 Å². The van der Waals surface area contributed by atoms with E-state index in [1.54, 1.807) is 19.1 Å². The number of fused-ring (bicyclic) bond motifs is 4. The first-order chi connectivity index (χ1) is 16.1. The predicted molar refractivity (Wildman–Crippen MR) is 122 cm³/mol. The zero-order valence-corrected chi connectivity index (χ0v) is 18.7. The van der Waals surface area contributed by atoms with Crippen LogP contribution in [0.25, 0.3) is 0 Å². The van der Waals surface area contributed by atoms with Gasteiger partial charge in [-0.25, -0.2) is 4.90 Å².